The monoisotopic (exact) mass is 363 g/mol. The highest BCUT2D eigenvalue weighted by Crippen LogP contribution is 2.30. The summed E-state index contributed by atoms with van der Waals surface area (Å²) < 4.78 is 32.8. The van der Waals surface area contributed by atoms with Gasteiger partial charge < -0.3 is 9.84 Å². The molecule has 7 heteroatoms. The summed E-state index contributed by atoms with van der Waals surface area (Å²) in [6, 6.07) is 3.29. The smallest absolute Gasteiger partial charge is 0.244 e. The molecule has 1 unspecified atom stereocenters. The van der Waals surface area contributed by atoms with E-state index in [9.17, 15) is 13.5 Å². The van der Waals surface area contributed by atoms with Crippen molar-refractivity contribution >= 4 is 26.0 Å². The maximum Gasteiger partial charge on any atom is 0.244 e. The van der Waals surface area contributed by atoms with Crippen LogP contribution in [0.3, 0.4) is 0 Å². The summed E-state index contributed by atoms with van der Waals surface area (Å²) in [5, 5.41) is 9.25. The van der Waals surface area contributed by atoms with Crippen molar-refractivity contribution in [2.24, 2.45) is 0 Å². The summed E-state index contributed by atoms with van der Waals surface area (Å²) in [5.41, 5.74) is 1.38. The van der Waals surface area contributed by atoms with E-state index in [0.29, 0.717) is 29.7 Å². The standard InChI is InChI=1S/C13H18BrNO4S/c1-9-5-11(8-16)6-12(13(9)14)20(17,18)15-3-4-19-10(2)7-15/h5-6,10,16H,3-4,7-8H2,1-2H3. The first-order valence-corrected chi connectivity index (χ1v) is 8.61. The zero-order valence-corrected chi connectivity index (χ0v) is 13.9. The lowest BCUT2D eigenvalue weighted by Crippen LogP contribution is -2.44. The molecule has 0 saturated carbocycles. The molecule has 0 spiro atoms. The molecule has 1 aromatic rings. The van der Waals surface area contributed by atoms with Crippen LogP contribution in [0.25, 0.3) is 0 Å². The highest BCUT2D eigenvalue weighted by atomic mass is 79.9. The number of sulfonamides is 1. The van der Waals surface area contributed by atoms with Crippen molar-refractivity contribution in [1.82, 2.24) is 4.31 Å². The number of hydrogen-bond acceptors (Lipinski definition) is 4. The number of aliphatic hydroxyl groups excluding tert-OH is 1. The Labute approximate surface area is 127 Å². The average molecular weight is 364 g/mol. The lowest BCUT2D eigenvalue weighted by Gasteiger charge is -2.30. The van der Waals surface area contributed by atoms with E-state index in [1.807, 2.05) is 13.8 Å². The first kappa shape index (κ1) is 15.9. The molecule has 20 heavy (non-hydrogen) atoms. The van der Waals surface area contributed by atoms with E-state index in [1.54, 1.807) is 6.07 Å². The number of nitrogens with zero attached hydrogens (tertiary/aromatic N) is 1. The van der Waals surface area contributed by atoms with Gasteiger partial charge in [0.15, 0.2) is 0 Å². The normalized spacial score (nSPS) is 21.1. The molecule has 1 aromatic carbocycles. The molecule has 0 amide bonds. The zero-order valence-electron chi connectivity index (χ0n) is 11.5. The van der Waals surface area contributed by atoms with E-state index in [1.165, 1.54) is 10.4 Å². The minimum Gasteiger partial charge on any atom is -0.392 e. The first-order chi connectivity index (χ1) is 9.36. The van der Waals surface area contributed by atoms with E-state index < -0.39 is 10.0 Å². The number of halogens is 1. The van der Waals surface area contributed by atoms with Gasteiger partial charge in [0.05, 0.1) is 24.2 Å². The Morgan fingerprint density at radius 3 is 2.80 bits per heavy atom. The first-order valence-electron chi connectivity index (χ1n) is 6.38. The van der Waals surface area contributed by atoms with Crippen LogP contribution >= 0.6 is 15.9 Å². The molecule has 0 bridgehead atoms. The minimum atomic E-state index is -3.59. The number of benzene rings is 1. The Kier molecular flexibility index (Phi) is 4.86. The molecule has 0 radical (unpaired) electrons. The fraction of sp³-hybridized carbons (Fsp3) is 0.538. The number of aryl methyl sites for hydroxylation is 1. The number of rotatable bonds is 3. The number of morpholine rings is 1. The third-order valence-corrected chi connectivity index (χ3v) is 6.49. The second-order valence-electron chi connectivity index (χ2n) is 4.93. The molecule has 1 N–H and O–H groups in total. The van der Waals surface area contributed by atoms with Gasteiger partial charge in [-0.1, -0.05) is 6.07 Å². The molecule has 0 aromatic heterocycles. The van der Waals surface area contributed by atoms with Crippen molar-refractivity contribution in [3.8, 4) is 0 Å². The Bertz CT molecular complexity index is 603. The van der Waals surface area contributed by atoms with Crippen molar-refractivity contribution in [1.29, 1.82) is 0 Å². The number of aliphatic hydroxyl groups is 1. The van der Waals surface area contributed by atoms with Crippen LogP contribution in [0.4, 0.5) is 0 Å². The Hall–Kier alpha value is -0.470. The fourth-order valence-electron chi connectivity index (χ4n) is 2.23. The number of ether oxygens (including phenoxy) is 1. The SMILES string of the molecule is Cc1cc(CO)cc(S(=O)(=O)N2CCOC(C)C2)c1Br. The molecule has 1 aliphatic heterocycles. The van der Waals surface area contributed by atoms with Gasteiger partial charge in [-0.15, -0.1) is 0 Å². The van der Waals surface area contributed by atoms with Crippen LogP contribution in [0.2, 0.25) is 0 Å². The third-order valence-electron chi connectivity index (χ3n) is 3.29. The predicted molar refractivity (Wildman–Crippen MR) is 79.0 cm³/mol. The van der Waals surface area contributed by atoms with Crippen LogP contribution in [-0.2, 0) is 21.4 Å². The zero-order chi connectivity index (χ0) is 14.9. The molecule has 112 valence electrons. The summed E-state index contributed by atoms with van der Waals surface area (Å²) in [5.74, 6) is 0. The Balaban J connectivity index is 2.46. The molecule has 1 heterocycles. The summed E-state index contributed by atoms with van der Waals surface area (Å²) in [6.45, 7) is 4.57. The summed E-state index contributed by atoms with van der Waals surface area (Å²) in [6.07, 6.45) is -0.112. The van der Waals surface area contributed by atoms with E-state index in [4.69, 9.17) is 4.74 Å². The van der Waals surface area contributed by atoms with Gasteiger partial charge in [0, 0.05) is 17.6 Å². The quantitative estimate of drug-likeness (QED) is 0.886. The molecule has 1 aliphatic rings. The van der Waals surface area contributed by atoms with Crippen molar-refractivity contribution in [3.05, 3.63) is 27.7 Å². The van der Waals surface area contributed by atoms with Gasteiger partial charge in [-0.25, -0.2) is 8.42 Å². The third kappa shape index (κ3) is 3.07. The van der Waals surface area contributed by atoms with Crippen LogP contribution in [0.5, 0.6) is 0 Å². The van der Waals surface area contributed by atoms with Gasteiger partial charge in [0.2, 0.25) is 10.0 Å². The van der Waals surface area contributed by atoms with Crippen LogP contribution in [0.15, 0.2) is 21.5 Å². The van der Waals surface area contributed by atoms with Crippen molar-refractivity contribution in [2.45, 2.75) is 31.5 Å². The maximum atomic E-state index is 12.7. The van der Waals surface area contributed by atoms with Crippen LogP contribution in [0.1, 0.15) is 18.1 Å². The van der Waals surface area contributed by atoms with Gasteiger partial charge in [0.25, 0.3) is 0 Å². The summed E-state index contributed by atoms with van der Waals surface area (Å²) in [4.78, 5) is 0.204. The number of hydrogen-bond donors (Lipinski definition) is 1. The van der Waals surface area contributed by atoms with E-state index >= 15 is 0 Å². The van der Waals surface area contributed by atoms with Crippen LogP contribution in [0, 0.1) is 6.92 Å². The fourth-order valence-corrected chi connectivity index (χ4v) is 4.76. The molecule has 1 saturated heterocycles. The van der Waals surface area contributed by atoms with Crippen molar-refractivity contribution in [2.75, 3.05) is 19.7 Å². The molecule has 1 atom stereocenters. The minimum absolute atomic E-state index is 0.112. The molecular formula is C13H18BrNO4S. The Morgan fingerprint density at radius 1 is 1.50 bits per heavy atom. The highest BCUT2D eigenvalue weighted by molar-refractivity contribution is 9.10. The molecule has 5 nitrogen and oxygen atoms in total. The molecule has 1 fully saturated rings. The van der Waals surface area contributed by atoms with Gasteiger partial charge in [-0.3, -0.25) is 0 Å². The second kappa shape index (κ2) is 6.11. The maximum absolute atomic E-state index is 12.7. The van der Waals surface area contributed by atoms with Gasteiger partial charge >= 0.3 is 0 Å². The molecule has 0 aliphatic carbocycles. The lowest BCUT2D eigenvalue weighted by atomic mass is 10.1. The molecular weight excluding hydrogens is 346 g/mol. The average Bonchev–Trinajstić information content (AvgIpc) is 2.41. The molecule has 2 rings (SSSR count). The van der Waals surface area contributed by atoms with Crippen molar-refractivity contribution in [3.63, 3.8) is 0 Å². The van der Waals surface area contributed by atoms with E-state index in [-0.39, 0.29) is 17.6 Å². The largest absolute Gasteiger partial charge is 0.392 e. The van der Waals surface area contributed by atoms with Gasteiger partial charge in [-0.2, -0.15) is 4.31 Å². The Morgan fingerprint density at radius 2 is 2.20 bits per heavy atom. The summed E-state index contributed by atoms with van der Waals surface area (Å²) >= 11 is 3.34. The van der Waals surface area contributed by atoms with Gasteiger partial charge in [0.1, 0.15) is 0 Å². The van der Waals surface area contributed by atoms with Gasteiger partial charge in [-0.05, 0) is 47.0 Å². The lowest BCUT2D eigenvalue weighted by molar-refractivity contribution is 0.0101. The van der Waals surface area contributed by atoms with E-state index in [2.05, 4.69) is 15.9 Å². The summed E-state index contributed by atoms with van der Waals surface area (Å²) in [7, 11) is -3.59. The topological polar surface area (TPSA) is 66.8 Å². The van der Waals surface area contributed by atoms with E-state index in [0.717, 1.165) is 5.56 Å². The predicted octanol–water partition coefficient (Wildman–Crippen LogP) is 1.66. The highest BCUT2D eigenvalue weighted by Gasteiger charge is 2.31. The van der Waals surface area contributed by atoms with Crippen molar-refractivity contribution < 1.29 is 18.3 Å². The van der Waals surface area contributed by atoms with Crippen LogP contribution in [-0.4, -0.2) is 43.6 Å². The second-order valence-corrected chi connectivity index (χ2v) is 7.63. The van der Waals surface area contributed by atoms with Crippen LogP contribution < -0.4 is 0 Å².